The topological polar surface area (TPSA) is 96.9 Å². The van der Waals surface area contributed by atoms with Crippen LogP contribution in [0, 0.1) is 0 Å². The second-order valence-electron chi connectivity index (χ2n) is 6.51. The molecule has 2 aromatic rings. The van der Waals surface area contributed by atoms with Crippen LogP contribution in [0.4, 0.5) is 5.00 Å². The minimum absolute atomic E-state index is 0.245. The van der Waals surface area contributed by atoms with Crippen LogP contribution in [-0.2, 0) is 33.6 Å². The number of aryl methyl sites for hydroxylation is 2. The lowest BCUT2D eigenvalue weighted by atomic mass is 10.1. The van der Waals surface area contributed by atoms with E-state index in [0.717, 1.165) is 36.1 Å². The number of thiophene rings is 1. The van der Waals surface area contributed by atoms with E-state index in [1.54, 1.807) is 13.1 Å². The Bertz CT molecular complexity index is 922. The fraction of sp³-hybridized carbons (Fsp3) is 0.333. The van der Waals surface area contributed by atoms with Crippen molar-refractivity contribution >= 4 is 40.3 Å². The van der Waals surface area contributed by atoms with Crippen molar-refractivity contribution in [3.8, 4) is 0 Å². The summed E-state index contributed by atoms with van der Waals surface area (Å²) in [5.74, 6) is -2.22. The first-order valence-corrected chi connectivity index (χ1v) is 10.4. The molecule has 7 nitrogen and oxygen atoms in total. The van der Waals surface area contributed by atoms with E-state index in [1.165, 1.54) is 16.9 Å². The van der Waals surface area contributed by atoms with E-state index >= 15 is 0 Å². The van der Waals surface area contributed by atoms with Gasteiger partial charge in [-0.2, -0.15) is 5.10 Å². The number of hydrogen-bond acceptors (Lipinski definition) is 6. The van der Waals surface area contributed by atoms with E-state index in [2.05, 4.69) is 15.8 Å². The smallest absolute Gasteiger partial charge is 0.341 e. The molecular formula is C21H23N3O4S. The molecule has 0 atom stereocenters. The lowest BCUT2D eigenvalue weighted by Crippen LogP contribution is -2.32. The van der Waals surface area contributed by atoms with Crippen LogP contribution in [0.1, 0.15) is 46.1 Å². The molecule has 0 fully saturated rings. The molecule has 0 unspecified atom stereocenters. The zero-order chi connectivity index (χ0) is 20.6. The van der Waals surface area contributed by atoms with Gasteiger partial charge in [0.05, 0.1) is 12.2 Å². The van der Waals surface area contributed by atoms with Gasteiger partial charge in [0.1, 0.15) is 5.00 Å². The van der Waals surface area contributed by atoms with E-state index in [-0.39, 0.29) is 6.61 Å². The Morgan fingerprint density at radius 2 is 1.97 bits per heavy atom. The van der Waals surface area contributed by atoms with Crippen molar-refractivity contribution in [2.75, 3.05) is 11.9 Å². The van der Waals surface area contributed by atoms with Gasteiger partial charge in [0.15, 0.2) is 0 Å². The molecule has 1 aromatic heterocycles. The number of benzene rings is 1. The quantitative estimate of drug-likeness (QED) is 0.315. The first-order valence-electron chi connectivity index (χ1n) is 9.58. The van der Waals surface area contributed by atoms with Crippen LogP contribution in [0.15, 0.2) is 35.4 Å². The van der Waals surface area contributed by atoms with Crippen LogP contribution in [0.2, 0.25) is 0 Å². The van der Waals surface area contributed by atoms with Gasteiger partial charge in [-0.25, -0.2) is 10.2 Å². The molecule has 1 aromatic carbocycles. The molecule has 1 aliphatic rings. The van der Waals surface area contributed by atoms with Crippen molar-refractivity contribution in [3.63, 3.8) is 0 Å². The predicted molar refractivity (Wildman–Crippen MR) is 112 cm³/mol. The first kappa shape index (κ1) is 20.7. The third kappa shape index (κ3) is 5.29. The number of nitrogens with zero attached hydrogens (tertiary/aromatic N) is 1. The molecule has 3 rings (SSSR count). The molecule has 0 bridgehead atoms. The fourth-order valence-corrected chi connectivity index (χ4v) is 4.44. The molecule has 2 N–H and O–H groups in total. The monoisotopic (exact) mass is 413 g/mol. The van der Waals surface area contributed by atoms with Crippen LogP contribution in [0.3, 0.4) is 0 Å². The molecule has 0 saturated carbocycles. The van der Waals surface area contributed by atoms with Gasteiger partial charge in [0.25, 0.3) is 0 Å². The largest absolute Gasteiger partial charge is 0.462 e. The Labute approximate surface area is 173 Å². The van der Waals surface area contributed by atoms with Crippen molar-refractivity contribution in [2.24, 2.45) is 5.10 Å². The average molecular weight is 413 g/mol. The number of hydrogen-bond donors (Lipinski definition) is 2. The number of carbonyl (C=O) groups excluding carboxylic acids is 3. The Balaban J connectivity index is 1.55. The zero-order valence-electron chi connectivity index (χ0n) is 16.2. The van der Waals surface area contributed by atoms with Crippen LogP contribution in [-0.4, -0.2) is 30.6 Å². The second kappa shape index (κ2) is 9.97. The van der Waals surface area contributed by atoms with Crippen molar-refractivity contribution in [1.29, 1.82) is 0 Å². The van der Waals surface area contributed by atoms with Gasteiger partial charge in [-0.3, -0.25) is 9.59 Å². The maximum Gasteiger partial charge on any atom is 0.341 e. The number of anilines is 1. The molecule has 152 valence electrons. The molecule has 1 heterocycles. The highest BCUT2D eigenvalue weighted by Gasteiger charge is 2.29. The number of fused-ring (bicyclic) bond motifs is 1. The van der Waals surface area contributed by atoms with E-state index in [4.69, 9.17) is 4.74 Å². The third-order valence-corrected chi connectivity index (χ3v) is 5.70. The van der Waals surface area contributed by atoms with Gasteiger partial charge in [0, 0.05) is 11.1 Å². The minimum Gasteiger partial charge on any atom is -0.462 e. The molecule has 0 spiro atoms. The van der Waals surface area contributed by atoms with Crippen molar-refractivity contribution in [1.82, 2.24) is 5.43 Å². The number of amides is 2. The number of carbonyl (C=O) groups is 3. The van der Waals surface area contributed by atoms with Gasteiger partial charge < -0.3 is 10.1 Å². The van der Waals surface area contributed by atoms with E-state index < -0.39 is 17.8 Å². The van der Waals surface area contributed by atoms with E-state index in [1.807, 2.05) is 30.3 Å². The van der Waals surface area contributed by atoms with Crippen LogP contribution in [0.25, 0.3) is 0 Å². The maximum absolute atomic E-state index is 12.3. The van der Waals surface area contributed by atoms with Gasteiger partial charge in [0.2, 0.25) is 0 Å². The number of nitrogens with one attached hydrogen (secondary N) is 2. The summed E-state index contributed by atoms with van der Waals surface area (Å²) in [5, 5.41) is 6.71. The minimum atomic E-state index is -0.885. The second-order valence-corrected chi connectivity index (χ2v) is 7.62. The predicted octanol–water partition coefficient (Wildman–Crippen LogP) is 3.09. The summed E-state index contributed by atoms with van der Waals surface area (Å²) in [6.45, 7) is 1.97. The molecule has 29 heavy (non-hydrogen) atoms. The Morgan fingerprint density at radius 3 is 2.72 bits per heavy atom. The van der Waals surface area contributed by atoms with Crippen LogP contribution < -0.4 is 10.7 Å². The fourth-order valence-electron chi connectivity index (χ4n) is 3.17. The van der Waals surface area contributed by atoms with Gasteiger partial charge >= 0.3 is 17.8 Å². The number of hydrazone groups is 1. The molecule has 0 saturated heterocycles. The molecule has 1 aliphatic carbocycles. The van der Waals surface area contributed by atoms with Crippen molar-refractivity contribution in [2.45, 2.75) is 39.0 Å². The average Bonchev–Trinajstić information content (AvgIpc) is 3.29. The first-order chi connectivity index (χ1) is 14.1. The Morgan fingerprint density at radius 1 is 1.17 bits per heavy atom. The highest BCUT2D eigenvalue weighted by atomic mass is 32.1. The summed E-state index contributed by atoms with van der Waals surface area (Å²) in [4.78, 5) is 37.6. The lowest BCUT2D eigenvalue weighted by Gasteiger charge is -2.07. The Hall–Kier alpha value is -3.00. The molecule has 0 radical (unpaired) electrons. The maximum atomic E-state index is 12.3. The third-order valence-electron chi connectivity index (χ3n) is 4.50. The highest BCUT2D eigenvalue weighted by Crippen LogP contribution is 2.39. The standard InChI is InChI=1S/C21H23N3O4S/c1-2-28-21(27)17-15-11-6-12-16(15)29-20(17)23-18(25)19(26)24-22-13-7-10-14-8-4-3-5-9-14/h3-5,8-9,13H,2,6-7,10-12H2,1H3,(H,23,25)(H,24,26)/b22-13+. The van der Waals surface area contributed by atoms with Gasteiger partial charge in [-0.1, -0.05) is 30.3 Å². The summed E-state index contributed by atoms with van der Waals surface area (Å²) in [5.41, 5.74) is 4.68. The van der Waals surface area contributed by atoms with Crippen molar-refractivity contribution < 1.29 is 19.1 Å². The summed E-state index contributed by atoms with van der Waals surface area (Å²) in [6.07, 6.45) is 5.59. The molecule has 2 amide bonds. The van der Waals surface area contributed by atoms with E-state index in [0.29, 0.717) is 17.0 Å². The molecule has 0 aliphatic heterocycles. The zero-order valence-corrected chi connectivity index (χ0v) is 17.0. The summed E-state index contributed by atoms with van der Waals surface area (Å²) >= 11 is 1.33. The summed E-state index contributed by atoms with van der Waals surface area (Å²) < 4.78 is 5.11. The molecule has 8 heteroatoms. The number of rotatable bonds is 7. The number of esters is 1. The highest BCUT2D eigenvalue weighted by molar-refractivity contribution is 7.17. The molecular weight excluding hydrogens is 390 g/mol. The van der Waals surface area contributed by atoms with E-state index in [9.17, 15) is 14.4 Å². The Kier molecular flexibility index (Phi) is 7.13. The normalized spacial score (nSPS) is 12.6. The lowest BCUT2D eigenvalue weighted by molar-refractivity contribution is -0.136. The number of ether oxygens (including phenoxy) is 1. The van der Waals surface area contributed by atoms with Crippen LogP contribution in [0.5, 0.6) is 0 Å². The summed E-state index contributed by atoms with van der Waals surface area (Å²) in [7, 11) is 0. The summed E-state index contributed by atoms with van der Waals surface area (Å²) in [6, 6.07) is 9.90. The van der Waals surface area contributed by atoms with Gasteiger partial charge in [-0.15, -0.1) is 11.3 Å². The van der Waals surface area contributed by atoms with Gasteiger partial charge in [-0.05, 0) is 50.2 Å². The van der Waals surface area contributed by atoms with Crippen molar-refractivity contribution in [3.05, 3.63) is 51.9 Å². The SMILES string of the molecule is CCOC(=O)c1c(NC(=O)C(=O)N/N=C/CCc2ccccc2)sc2c1CCC2. The van der Waals surface area contributed by atoms with Crippen LogP contribution >= 0.6 is 11.3 Å².